The van der Waals surface area contributed by atoms with Crippen LogP contribution in [0.2, 0.25) is 0 Å². The molecule has 0 spiro atoms. The Bertz CT molecular complexity index is 1020. The van der Waals surface area contributed by atoms with E-state index in [1.165, 1.54) is 12.4 Å². The average molecular weight is 354 g/mol. The second kappa shape index (κ2) is 5.64. The second-order valence-electron chi connectivity index (χ2n) is 6.73. The quantitative estimate of drug-likeness (QED) is 0.778. The molecule has 0 bridgehead atoms. The molecule has 5 rings (SSSR count). The van der Waals surface area contributed by atoms with E-state index in [-0.39, 0.29) is 18.0 Å². The first kappa shape index (κ1) is 15.5. The van der Waals surface area contributed by atoms with E-state index >= 15 is 0 Å². The third-order valence-corrected chi connectivity index (χ3v) is 5.27. The molecule has 0 radical (unpaired) electrons. The molecular weight excluding hydrogens is 338 g/mol. The van der Waals surface area contributed by atoms with Gasteiger partial charge in [-0.05, 0) is 17.2 Å². The van der Waals surface area contributed by atoms with Crippen LogP contribution in [0.15, 0.2) is 42.7 Å². The Morgan fingerprint density at radius 1 is 1.27 bits per heavy atom. The minimum absolute atomic E-state index is 0.233. The molecular formula is C20H16F2N2O2. The van der Waals surface area contributed by atoms with E-state index in [1.54, 1.807) is 10.6 Å². The lowest BCUT2D eigenvalue weighted by Gasteiger charge is -2.20. The van der Waals surface area contributed by atoms with Gasteiger partial charge in [-0.1, -0.05) is 24.3 Å². The summed E-state index contributed by atoms with van der Waals surface area (Å²) in [4.78, 5) is 3.76. The maximum absolute atomic E-state index is 14.4. The molecule has 2 unspecified atom stereocenters. The van der Waals surface area contributed by atoms with Crippen LogP contribution in [0.3, 0.4) is 0 Å². The van der Waals surface area contributed by atoms with Crippen LogP contribution in [0.25, 0.3) is 11.3 Å². The van der Waals surface area contributed by atoms with Crippen molar-refractivity contribution in [2.75, 3.05) is 6.61 Å². The summed E-state index contributed by atoms with van der Waals surface area (Å²) in [5.41, 5.74) is 3.25. The fraction of sp³-hybridized carbons (Fsp3) is 0.250. The monoisotopic (exact) mass is 354 g/mol. The SMILES string of the molecule is OC(CC1c2ccccc2-c2c(F)ncn21)c1cc2c(cc1F)OCC2. The molecule has 0 saturated carbocycles. The van der Waals surface area contributed by atoms with Crippen molar-refractivity contribution in [1.82, 2.24) is 9.55 Å². The zero-order valence-corrected chi connectivity index (χ0v) is 13.8. The lowest BCUT2D eigenvalue weighted by molar-refractivity contribution is 0.149. The molecule has 2 aliphatic rings. The van der Waals surface area contributed by atoms with Crippen molar-refractivity contribution in [3.05, 3.63) is 71.2 Å². The summed E-state index contributed by atoms with van der Waals surface area (Å²) < 4.78 is 35.6. The van der Waals surface area contributed by atoms with Crippen LogP contribution in [-0.2, 0) is 6.42 Å². The molecule has 2 atom stereocenters. The number of benzene rings is 2. The number of fused-ring (bicyclic) bond motifs is 4. The van der Waals surface area contributed by atoms with Crippen molar-refractivity contribution >= 4 is 0 Å². The summed E-state index contributed by atoms with van der Waals surface area (Å²) in [7, 11) is 0. The van der Waals surface area contributed by atoms with Crippen LogP contribution in [-0.4, -0.2) is 21.3 Å². The molecule has 2 aliphatic heterocycles. The van der Waals surface area contributed by atoms with Gasteiger partial charge < -0.3 is 14.4 Å². The van der Waals surface area contributed by atoms with Crippen LogP contribution in [0.5, 0.6) is 5.75 Å². The normalized spacial score (nSPS) is 18.2. The smallest absolute Gasteiger partial charge is 0.238 e. The van der Waals surface area contributed by atoms with Crippen LogP contribution >= 0.6 is 0 Å². The van der Waals surface area contributed by atoms with E-state index in [0.717, 1.165) is 16.7 Å². The number of hydrogen-bond acceptors (Lipinski definition) is 3. The topological polar surface area (TPSA) is 47.3 Å². The fourth-order valence-electron chi connectivity index (χ4n) is 4.03. The largest absolute Gasteiger partial charge is 0.493 e. The van der Waals surface area contributed by atoms with Gasteiger partial charge in [0.2, 0.25) is 5.95 Å². The highest BCUT2D eigenvalue weighted by Gasteiger charge is 2.33. The summed E-state index contributed by atoms with van der Waals surface area (Å²) in [6.07, 6.45) is 1.36. The maximum atomic E-state index is 14.4. The number of imidazole rings is 1. The summed E-state index contributed by atoms with van der Waals surface area (Å²) >= 11 is 0. The molecule has 0 aliphatic carbocycles. The molecule has 4 nitrogen and oxygen atoms in total. The first-order chi connectivity index (χ1) is 12.6. The van der Waals surface area contributed by atoms with Crippen molar-refractivity contribution in [2.24, 2.45) is 0 Å². The van der Waals surface area contributed by atoms with Gasteiger partial charge in [0.1, 0.15) is 17.3 Å². The average Bonchev–Trinajstić information content (AvgIpc) is 3.31. The van der Waals surface area contributed by atoms with E-state index in [2.05, 4.69) is 4.98 Å². The molecule has 26 heavy (non-hydrogen) atoms. The van der Waals surface area contributed by atoms with Gasteiger partial charge in [-0.15, -0.1) is 0 Å². The summed E-state index contributed by atoms with van der Waals surface area (Å²) in [6, 6.07) is 10.2. The van der Waals surface area contributed by atoms with Crippen LogP contribution < -0.4 is 4.74 Å². The first-order valence-corrected chi connectivity index (χ1v) is 8.58. The minimum Gasteiger partial charge on any atom is -0.493 e. The molecule has 0 amide bonds. The Kier molecular flexibility index (Phi) is 3.37. The lowest BCUT2D eigenvalue weighted by atomic mass is 9.94. The number of hydrogen-bond donors (Lipinski definition) is 1. The molecule has 1 N–H and O–H groups in total. The third kappa shape index (κ3) is 2.18. The molecule has 0 saturated heterocycles. The van der Waals surface area contributed by atoms with Gasteiger partial charge in [0.05, 0.1) is 25.1 Å². The number of aliphatic hydroxyl groups excluding tert-OH is 1. The third-order valence-electron chi connectivity index (χ3n) is 5.27. The van der Waals surface area contributed by atoms with Crippen molar-refractivity contribution < 1.29 is 18.6 Å². The van der Waals surface area contributed by atoms with E-state index in [9.17, 15) is 13.9 Å². The minimum atomic E-state index is -1.02. The number of aromatic nitrogens is 2. The van der Waals surface area contributed by atoms with Crippen molar-refractivity contribution in [3.8, 4) is 17.0 Å². The summed E-state index contributed by atoms with van der Waals surface area (Å²) in [5, 5.41) is 10.7. The van der Waals surface area contributed by atoms with Gasteiger partial charge in [-0.25, -0.2) is 9.37 Å². The van der Waals surface area contributed by atoms with Crippen molar-refractivity contribution in [3.63, 3.8) is 0 Å². The van der Waals surface area contributed by atoms with Gasteiger partial charge in [0.25, 0.3) is 0 Å². The number of ether oxygens (including phenoxy) is 1. The molecule has 3 aromatic rings. The predicted molar refractivity (Wildman–Crippen MR) is 90.9 cm³/mol. The van der Waals surface area contributed by atoms with E-state index < -0.39 is 17.9 Å². The summed E-state index contributed by atoms with van der Waals surface area (Å²) in [6.45, 7) is 0.530. The number of nitrogens with zero attached hydrogens (tertiary/aromatic N) is 2. The molecule has 3 heterocycles. The molecule has 0 fully saturated rings. The van der Waals surface area contributed by atoms with E-state index in [0.29, 0.717) is 24.5 Å². The Labute approximate surface area is 148 Å². The number of halogens is 2. The van der Waals surface area contributed by atoms with Gasteiger partial charge in [0.15, 0.2) is 0 Å². The molecule has 6 heteroatoms. The van der Waals surface area contributed by atoms with E-state index in [4.69, 9.17) is 4.74 Å². The second-order valence-corrected chi connectivity index (χ2v) is 6.73. The Hall–Kier alpha value is -2.73. The van der Waals surface area contributed by atoms with Crippen LogP contribution in [0, 0.1) is 11.8 Å². The number of rotatable bonds is 3. The highest BCUT2D eigenvalue weighted by molar-refractivity contribution is 5.69. The molecule has 2 aromatic carbocycles. The van der Waals surface area contributed by atoms with Crippen LogP contribution in [0.1, 0.15) is 35.3 Å². The Morgan fingerprint density at radius 2 is 2.12 bits per heavy atom. The molecule has 132 valence electrons. The zero-order valence-electron chi connectivity index (χ0n) is 13.8. The van der Waals surface area contributed by atoms with Crippen LogP contribution in [0.4, 0.5) is 8.78 Å². The van der Waals surface area contributed by atoms with Gasteiger partial charge in [-0.2, -0.15) is 4.39 Å². The van der Waals surface area contributed by atoms with Gasteiger partial charge in [-0.3, -0.25) is 0 Å². The highest BCUT2D eigenvalue weighted by atomic mass is 19.1. The van der Waals surface area contributed by atoms with Gasteiger partial charge in [0, 0.05) is 30.0 Å². The maximum Gasteiger partial charge on any atom is 0.238 e. The zero-order chi connectivity index (χ0) is 17.8. The standard InChI is InChI=1S/C20H16F2N2O2/c21-15-8-18-11(5-6-26-18)7-14(15)17(25)9-16-12-3-1-2-4-13(12)19-20(22)23-10-24(16)19/h1-4,7-8,10,16-17,25H,5-6,9H2. The van der Waals surface area contributed by atoms with Crippen molar-refractivity contribution in [1.29, 1.82) is 0 Å². The highest BCUT2D eigenvalue weighted by Crippen LogP contribution is 2.44. The van der Waals surface area contributed by atoms with E-state index in [1.807, 2.05) is 24.3 Å². The lowest BCUT2D eigenvalue weighted by Crippen LogP contribution is -2.12. The van der Waals surface area contributed by atoms with Gasteiger partial charge >= 0.3 is 0 Å². The predicted octanol–water partition coefficient (Wildman–Crippen LogP) is 3.79. The summed E-state index contributed by atoms with van der Waals surface area (Å²) in [5.74, 6) is -0.472. The number of aliphatic hydroxyl groups is 1. The van der Waals surface area contributed by atoms with Crippen molar-refractivity contribution in [2.45, 2.75) is 25.0 Å². The Morgan fingerprint density at radius 3 is 3.00 bits per heavy atom. The first-order valence-electron chi connectivity index (χ1n) is 8.58. The fourth-order valence-corrected chi connectivity index (χ4v) is 4.03. The molecule has 1 aromatic heterocycles. The Balaban J connectivity index is 1.52.